The number of rotatable bonds is 0. The Bertz CT molecular complexity index is 386. The molecule has 0 saturated carbocycles. The number of imidazole rings is 1. The Morgan fingerprint density at radius 2 is 2.42 bits per heavy atom. The Labute approximate surface area is 68.6 Å². The first-order valence-corrected chi connectivity index (χ1v) is 3.77. The molecule has 12 heavy (non-hydrogen) atoms. The molecule has 0 radical (unpaired) electrons. The van der Waals surface area contributed by atoms with E-state index in [2.05, 4.69) is 32.1 Å². The van der Waals surface area contributed by atoms with Gasteiger partial charge in [-0.1, -0.05) is 6.08 Å². The summed E-state index contributed by atoms with van der Waals surface area (Å²) in [5.41, 5.74) is 9.65. The van der Waals surface area contributed by atoms with Crippen molar-refractivity contribution >= 4 is 5.71 Å². The van der Waals surface area contributed by atoms with E-state index in [1.54, 1.807) is 6.33 Å². The van der Waals surface area contributed by atoms with Crippen LogP contribution in [0.5, 0.6) is 0 Å². The third-order valence-electron chi connectivity index (χ3n) is 2.07. The Morgan fingerprint density at radius 3 is 3.42 bits per heavy atom. The van der Waals surface area contributed by atoms with Crippen molar-refractivity contribution in [3.63, 3.8) is 0 Å². The highest BCUT2D eigenvalue weighted by Gasteiger charge is 2.23. The molecule has 0 bridgehead atoms. The van der Waals surface area contributed by atoms with E-state index in [1.807, 2.05) is 0 Å². The van der Waals surface area contributed by atoms with Gasteiger partial charge in [-0.25, -0.2) is 10.5 Å². The zero-order chi connectivity index (χ0) is 7.97. The summed E-state index contributed by atoms with van der Waals surface area (Å²) in [5, 5.41) is 4.08. The first-order chi connectivity index (χ1) is 5.95. The molecule has 1 aromatic heterocycles. The minimum atomic E-state index is 0.887. The van der Waals surface area contributed by atoms with Gasteiger partial charge in [0.1, 0.15) is 11.4 Å². The van der Waals surface area contributed by atoms with Crippen LogP contribution < -0.4 is 11.0 Å². The maximum absolute atomic E-state index is 4.19. The van der Waals surface area contributed by atoms with Crippen molar-refractivity contribution in [1.29, 1.82) is 0 Å². The quantitative estimate of drug-likeness (QED) is 0.487. The summed E-state index contributed by atoms with van der Waals surface area (Å²) < 4.78 is 0. The molecule has 0 unspecified atom stereocenters. The number of aromatic amines is 1. The number of hydrogen-bond acceptors (Lipinski definition) is 4. The zero-order valence-corrected chi connectivity index (χ0v) is 6.26. The van der Waals surface area contributed by atoms with Crippen molar-refractivity contribution in [3.05, 3.63) is 29.5 Å². The molecule has 0 aromatic carbocycles. The highest BCUT2D eigenvalue weighted by atomic mass is 15.6. The molecule has 0 saturated heterocycles. The van der Waals surface area contributed by atoms with E-state index in [0.717, 1.165) is 29.2 Å². The number of hydrogen-bond donors (Lipinski definition) is 3. The van der Waals surface area contributed by atoms with Crippen LogP contribution in [-0.4, -0.2) is 15.7 Å². The van der Waals surface area contributed by atoms with E-state index in [4.69, 9.17) is 0 Å². The Morgan fingerprint density at radius 1 is 1.42 bits per heavy atom. The summed E-state index contributed by atoms with van der Waals surface area (Å²) in [6.45, 7) is 0. The van der Waals surface area contributed by atoms with Crippen LogP contribution in [0.3, 0.4) is 0 Å². The fourth-order valence-electron chi connectivity index (χ4n) is 1.48. The summed E-state index contributed by atoms with van der Waals surface area (Å²) in [7, 11) is 0. The SMILES string of the molecule is C1=C2NNN=C2c2nc[nH]c2C1. The predicted octanol–water partition coefficient (Wildman–Crippen LogP) is -0.338. The molecular formula is C7H7N5. The Hall–Kier alpha value is -1.78. The van der Waals surface area contributed by atoms with Crippen molar-refractivity contribution < 1.29 is 0 Å². The highest BCUT2D eigenvalue weighted by molar-refractivity contribution is 6.13. The van der Waals surface area contributed by atoms with Crippen molar-refractivity contribution in [3.8, 4) is 0 Å². The summed E-state index contributed by atoms with van der Waals surface area (Å²) in [6, 6.07) is 0. The molecule has 0 fully saturated rings. The molecule has 1 aliphatic carbocycles. The lowest BCUT2D eigenvalue weighted by Gasteiger charge is -2.07. The van der Waals surface area contributed by atoms with Crippen LogP contribution in [0.25, 0.3) is 0 Å². The van der Waals surface area contributed by atoms with Crippen molar-refractivity contribution in [2.24, 2.45) is 5.10 Å². The van der Waals surface area contributed by atoms with Gasteiger partial charge in [-0.3, -0.25) is 5.43 Å². The van der Waals surface area contributed by atoms with Crippen molar-refractivity contribution in [2.45, 2.75) is 6.42 Å². The monoisotopic (exact) mass is 161 g/mol. The van der Waals surface area contributed by atoms with Gasteiger partial charge in [-0.2, -0.15) is 5.10 Å². The number of fused-ring (bicyclic) bond motifs is 3. The second kappa shape index (κ2) is 1.88. The normalized spacial score (nSPS) is 18.3. The molecule has 0 amide bonds. The second-order valence-corrected chi connectivity index (χ2v) is 2.75. The fraction of sp³-hybridized carbons (Fsp3) is 0.143. The number of hydrazone groups is 1. The Kier molecular flexibility index (Phi) is 0.910. The summed E-state index contributed by atoms with van der Waals surface area (Å²) in [6.07, 6.45) is 4.67. The third kappa shape index (κ3) is 0.578. The van der Waals surface area contributed by atoms with E-state index >= 15 is 0 Å². The molecule has 5 nitrogen and oxygen atoms in total. The maximum atomic E-state index is 4.19. The van der Waals surface area contributed by atoms with Crippen LogP contribution in [-0.2, 0) is 6.42 Å². The Balaban J connectivity index is 2.23. The first kappa shape index (κ1) is 5.82. The number of aromatic nitrogens is 2. The van der Waals surface area contributed by atoms with Crippen LogP contribution in [0.2, 0.25) is 0 Å². The first-order valence-electron chi connectivity index (χ1n) is 3.77. The van der Waals surface area contributed by atoms with Crippen LogP contribution in [0.15, 0.2) is 23.2 Å². The molecule has 5 heteroatoms. The van der Waals surface area contributed by atoms with Crippen LogP contribution in [0, 0.1) is 0 Å². The van der Waals surface area contributed by atoms with Crippen molar-refractivity contribution in [2.75, 3.05) is 0 Å². The van der Waals surface area contributed by atoms with Gasteiger partial charge in [0.05, 0.1) is 12.0 Å². The van der Waals surface area contributed by atoms with E-state index in [0.29, 0.717) is 0 Å². The molecule has 2 aliphatic rings. The topological polar surface area (TPSA) is 65.1 Å². The van der Waals surface area contributed by atoms with E-state index < -0.39 is 0 Å². The van der Waals surface area contributed by atoms with E-state index in [1.165, 1.54) is 0 Å². The molecule has 2 heterocycles. The average molecular weight is 161 g/mol. The van der Waals surface area contributed by atoms with E-state index in [-0.39, 0.29) is 0 Å². The lowest BCUT2D eigenvalue weighted by atomic mass is 10.0. The molecule has 3 N–H and O–H groups in total. The summed E-state index contributed by atoms with van der Waals surface area (Å²) in [5.74, 6) is 0. The fourth-order valence-corrected chi connectivity index (χ4v) is 1.48. The van der Waals surface area contributed by atoms with Crippen molar-refractivity contribution in [1.82, 2.24) is 20.9 Å². The largest absolute Gasteiger partial charge is 0.348 e. The number of nitrogens with zero attached hydrogens (tertiary/aromatic N) is 2. The molecular weight excluding hydrogens is 154 g/mol. The predicted molar refractivity (Wildman–Crippen MR) is 43.2 cm³/mol. The molecule has 60 valence electrons. The van der Waals surface area contributed by atoms with Gasteiger partial charge >= 0.3 is 0 Å². The molecule has 3 rings (SSSR count). The van der Waals surface area contributed by atoms with Crippen LogP contribution in [0.1, 0.15) is 11.4 Å². The smallest absolute Gasteiger partial charge is 0.137 e. The minimum Gasteiger partial charge on any atom is -0.348 e. The van der Waals surface area contributed by atoms with Gasteiger partial charge in [-0.05, 0) is 0 Å². The van der Waals surface area contributed by atoms with Crippen LogP contribution in [0.4, 0.5) is 0 Å². The minimum absolute atomic E-state index is 0.887. The maximum Gasteiger partial charge on any atom is 0.137 e. The van der Waals surface area contributed by atoms with Gasteiger partial charge in [0.15, 0.2) is 0 Å². The lowest BCUT2D eigenvalue weighted by molar-refractivity contribution is 0.688. The average Bonchev–Trinajstić information content (AvgIpc) is 2.71. The number of nitrogens with one attached hydrogen (secondary N) is 3. The number of H-pyrrole nitrogens is 1. The molecule has 1 aromatic rings. The van der Waals surface area contributed by atoms with Crippen LogP contribution >= 0.6 is 0 Å². The summed E-state index contributed by atoms with van der Waals surface area (Å²) >= 11 is 0. The second-order valence-electron chi connectivity index (χ2n) is 2.75. The lowest BCUT2D eigenvalue weighted by Crippen LogP contribution is -2.22. The summed E-state index contributed by atoms with van der Waals surface area (Å²) in [4.78, 5) is 7.27. The standard InChI is InChI=1S/C7H7N5/c1-2-5-7(11-12-10-5)6-4(1)8-3-9-6/h2-3,10,12H,1H2,(H,8,9). The molecule has 1 aliphatic heterocycles. The van der Waals surface area contributed by atoms with Gasteiger partial charge in [0.25, 0.3) is 0 Å². The van der Waals surface area contributed by atoms with Gasteiger partial charge in [0.2, 0.25) is 0 Å². The zero-order valence-electron chi connectivity index (χ0n) is 6.26. The number of hydrazine groups is 1. The van der Waals surface area contributed by atoms with Gasteiger partial charge in [-0.15, -0.1) is 0 Å². The number of allylic oxidation sites excluding steroid dienone is 2. The van der Waals surface area contributed by atoms with E-state index in [9.17, 15) is 0 Å². The molecule has 0 spiro atoms. The van der Waals surface area contributed by atoms with Gasteiger partial charge in [0, 0.05) is 12.1 Å². The third-order valence-corrected chi connectivity index (χ3v) is 2.07. The highest BCUT2D eigenvalue weighted by Crippen LogP contribution is 2.18. The van der Waals surface area contributed by atoms with Gasteiger partial charge < -0.3 is 4.98 Å². The molecule has 0 atom stereocenters.